The van der Waals surface area contributed by atoms with Crippen LogP contribution in [0.1, 0.15) is 5.56 Å². The molecule has 2 aromatic rings. The highest BCUT2D eigenvalue weighted by molar-refractivity contribution is 8.00. The first-order chi connectivity index (χ1) is 9.74. The summed E-state index contributed by atoms with van der Waals surface area (Å²) in [6, 6.07) is 17.5. The number of benzene rings is 2. The molecule has 0 saturated carbocycles. The molecule has 0 radical (unpaired) electrons. The van der Waals surface area contributed by atoms with Crippen LogP contribution in [0.4, 0.5) is 5.69 Å². The molecule has 4 heteroatoms. The predicted molar refractivity (Wildman–Crippen MR) is 82.8 cm³/mol. The molecule has 0 bridgehead atoms. The first-order valence-electron chi connectivity index (χ1n) is 6.60. The molecule has 102 valence electrons. The quantitative estimate of drug-likeness (QED) is 0.891. The van der Waals surface area contributed by atoms with Gasteiger partial charge in [-0.05, 0) is 24.1 Å². The lowest BCUT2D eigenvalue weighted by Crippen LogP contribution is -2.43. The van der Waals surface area contributed by atoms with Gasteiger partial charge in [0.2, 0.25) is 5.91 Å². The van der Waals surface area contributed by atoms with Crippen molar-refractivity contribution in [2.24, 2.45) is 5.73 Å². The lowest BCUT2D eigenvalue weighted by Gasteiger charge is -2.19. The van der Waals surface area contributed by atoms with Crippen LogP contribution in [0.2, 0.25) is 0 Å². The van der Waals surface area contributed by atoms with Gasteiger partial charge < -0.3 is 11.1 Å². The molecule has 3 N–H and O–H groups in total. The molecule has 20 heavy (non-hydrogen) atoms. The summed E-state index contributed by atoms with van der Waals surface area (Å²) in [6.07, 6.45) is 0.786. The van der Waals surface area contributed by atoms with Crippen molar-refractivity contribution >= 4 is 23.4 Å². The van der Waals surface area contributed by atoms with Gasteiger partial charge in [-0.2, -0.15) is 0 Å². The van der Waals surface area contributed by atoms with Gasteiger partial charge in [0.05, 0.1) is 11.7 Å². The fourth-order valence-corrected chi connectivity index (χ4v) is 3.58. The molecule has 0 aromatic heterocycles. The van der Waals surface area contributed by atoms with E-state index < -0.39 is 6.04 Å². The van der Waals surface area contributed by atoms with Crippen molar-refractivity contribution in [3.05, 3.63) is 60.2 Å². The Kier molecular flexibility index (Phi) is 3.76. The standard InChI is InChI=1S/C16H16N2OS/c17-15-14(10-11-6-2-1-3-7-11)20-13-9-5-4-8-12(13)18-16(15)19/h1-9,14-15H,10,17H2,(H,18,19). The van der Waals surface area contributed by atoms with E-state index in [2.05, 4.69) is 17.4 Å². The Labute approximate surface area is 122 Å². The van der Waals surface area contributed by atoms with E-state index in [4.69, 9.17) is 5.73 Å². The number of carbonyl (C=O) groups is 1. The third-order valence-electron chi connectivity index (χ3n) is 3.41. The van der Waals surface area contributed by atoms with E-state index in [1.165, 1.54) is 5.56 Å². The van der Waals surface area contributed by atoms with Crippen LogP contribution in [0.25, 0.3) is 0 Å². The molecule has 0 saturated heterocycles. The third kappa shape index (κ3) is 2.71. The molecule has 1 aliphatic rings. The second-order valence-electron chi connectivity index (χ2n) is 4.86. The maximum atomic E-state index is 12.1. The maximum Gasteiger partial charge on any atom is 0.242 e. The van der Waals surface area contributed by atoms with Crippen LogP contribution in [-0.4, -0.2) is 17.2 Å². The monoisotopic (exact) mass is 284 g/mol. The van der Waals surface area contributed by atoms with Crippen molar-refractivity contribution in [2.75, 3.05) is 5.32 Å². The summed E-state index contributed by atoms with van der Waals surface area (Å²) >= 11 is 1.68. The van der Waals surface area contributed by atoms with E-state index in [0.717, 1.165) is 17.0 Å². The van der Waals surface area contributed by atoms with Crippen molar-refractivity contribution < 1.29 is 4.79 Å². The van der Waals surface area contributed by atoms with Gasteiger partial charge in [-0.15, -0.1) is 11.8 Å². The van der Waals surface area contributed by atoms with E-state index >= 15 is 0 Å². The van der Waals surface area contributed by atoms with Crippen LogP contribution < -0.4 is 11.1 Å². The summed E-state index contributed by atoms with van der Waals surface area (Å²) in [6.45, 7) is 0. The van der Waals surface area contributed by atoms with E-state index in [0.29, 0.717) is 0 Å². The van der Waals surface area contributed by atoms with Crippen molar-refractivity contribution in [1.82, 2.24) is 0 Å². The van der Waals surface area contributed by atoms with Crippen molar-refractivity contribution in [2.45, 2.75) is 22.6 Å². The highest BCUT2D eigenvalue weighted by atomic mass is 32.2. The van der Waals surface area contributed by atoms with Crippen LogP contribution >= 0.6 is 11.8 Å². The molecule has 1 amide bonds. The summed E-state index contributed by atoms with van der Waals surface area (Å²) in [5.74, 6) is -0.108. The van der Waals surface area contributed by atoms with Gasteiger partial charge in [-0.25, -0.2) is 0 Å². The Morgan fingerprint density at radius 3 is 2.55 bits per heavy atom. The van der Waals surface area contributed by atoms with Gasteiger partial charge in [0.1, 0.15) is 0 Å². The van der Waals surface area contributed by atoms with Crippen LogP contribution in [0.5, 0.6) is 0 Å². The zero-order valence-corrected chi connectivity index (χ0v) is 11.8. The summed E-state index contributed by atoms with van der Waals surface area (Å²) in [4.78, 5) is 13.2. The first-order valence-corrected chi connectivity index (χ1v) is 7.48. The van der Waals surface area contributed by atoms with E-state index in [-0.39, 0.29) is 11.2 Å². The molecule has 3 nitrogen and oxygen atoms in total. The smallest absolute Gasteiger partial charge is 0.242 e. The van der Waals surface area contributed by atoms with Gasteiger partial charge in [0.25, 0.3) is 0 Å². The number of carbonyl (C=O) groups excluding carboxylic acids is 1. The van der Waals surface area contributed by atoms with Crippen molar-refractivity contribution in [3.63, 3.8) is 0 Å². The number of anilines is 1. The minimum Gasteiger partial charge on any atom is -0.324 e. The zero-order valence-electron chi connectivity index (χ0n) is 11.0. The van der Waals surface area contributed by atoms with Gasteiger partial charge in [-0.3, -0.25) is 4.79 Å². The van der Waals surface area contributed by atoms with Crippen molar-refractivity contribution in [1.29, 1.82) is 0 Å². The van der Waals surface area contributed by atoms with Crippen LogP contribution in [-0.2, 0) is 11.2 Å². The van der Waals surface area contributed by atoms with Gasteiger partial charge in [0.15, 0.2) is 0 Å². The van der Waals surface area contributed by atoms with Gasteiger partial charge in [-0.1, -0.05) is 42.5 Å². The molecule has 0 spiro atoms. The molecule has 3 rings (SSSR count). The summed E-state index contributed by atoms with van der Waals surface area (Å²) < 4.78 is 0. The van der Waals surface area contributed by atoms with E-state index in [1.54, 1.807) is 11.8 Å². The Hall–Kier alpha value is -1.78. The number of nitrogens with two attached hydrogens (primary N) is 1. The molecule has 0 aliphatic carbocycles. The molecule has 2 unspecified atom stereocenters. The Morgan fingerprint density at radius 1 is 1.05 bits per heavy atom. The topological polar surface area (TPSA) is 55.1 Å². The third-order valence-corrected chi connectivity index (χ3v) is 4.78. The number of nitrogens with one attached hydrogen (secondary N) is 1. The fraction of sp³-hybridized carbons (Fsp3) is 0.188. The SMILES string of the molecule is NC1C(=O)Nc2ccccc2SC1Cc1ccccc1. The molecular formula is C16H16N2OS. The molecule has 0 fully saturated rings. The van der Waals surface area contributed by atoms with E-state index in [1.807, 2.05) is 42.5 Å². The summed E-state index contributed by atoms with van der Waals surface area (Å²) in [5.41, 5.74) is 8.17. The number of hydrogen-bond acceptors (Lipinski definition) is 3. The predicted octanol–water partition coefficient (Wildman–Crippen LogP) is 2.67. The summed E-state index contributed by atoms with van der Waals surface area (Å²) in [5, 5.41) is 2.95. The number of fused-ring (bicyclic) bond motifs is 1. The minimum absolute atomic E-state index is 0.0426. The lowest BCUT2D eigenvalue weighted by atomic mass is 10.0. The summed E-state index contributed by atoms with van der Waals surface area (Å²) in [7, 11) is 0. The first kappa shape index (κ1) is 13.2. The lowest BCUT2D eigenvalue weighted by molar-refractivity contribution is -0.117. The molecule has 1 heterocycles. The number of para-hydroxylation sites is 1. The molecule has 2 aromatic carbocycles. The average Bonchev–Trinajstić information content (AvgIpc) is 2.59. The second kappa shape index (κ2) is 5.69. The number of hydrogen-bond donors (Lipinski definition) is 2. The molecule has 2 atom stereocenters. The van der Waals surface area contributed by atoms with Crippen LogP contribution in [0.15, 0.2) is 59.5 Å². The number of thioether (sulfide) groups is 1. The largest absolute Gasteiger partial charge is 0.324 e. The fourth-order valence-electron chi connectivity index (χ4n) is 2.31. The minimum atomic E-state index is -0.507. The average molecular weight is 284 g/mol. The highest BCUT2D eigenvalue weighted by Gasteiger charge is 2.30. The highest BCUT2D eigenvalue weighted by Crippen LogP contribution is 2.35. The Balaban J connectivity index is 1.88. The van der Waals surface area contributed by atoms with Crippen LogP contribution in [0.3, 0.4) is 0 Å². The second-order valence-corrected chi connectivity index (χ2v) is 6.14. The van der Waals surface area contributed by atoms with Gasteiger partial charge in [0, 0.05) is 10.1 Å². The number of amides is 1. The van der Waals surface area contributed by atoms with E-state index in [9.17, 15) is 4.79 Å². The zero-order chi connectivity index (χ0) is 13.9. The normalized spacial score (nSPS) is 21.8. The maximum absolute atomic E-state index is 12.1. The Bertz CT molecular complexity index is 615. The van der Waals surface area contributed by atoms with Crippen LogP contribution in [0, 0.1) is 0 Å². The van der Waals surface area contributed by atoms with Crippen molar-refractivity contribution in [3.8, 4) is 0 Å². The van der Waals surface area contributed by atoms with Gasteiger partial charge >= 0.3 is 0 Å². The molecular weight excluding hydrogens is 268 g/mol. The molecule has 1 aliphatic heterocycles. The Morgan fingerprint density at radius 2 is 1.75 bits per heavy atom. The number of rotatable bonds is 2.